The monoisotopic (exact) mass is 483 g/mol. The molecule has 1 amide bonds. The fourth-order valence-electron chi connectivity index (χ4n) is 4.55. The number of benzene rings is 3. The number of ether oxygens (including phenoxy) is 2. The van der Waals surface area contributed by atoms with E-state index < -0.39 is 0 Å². The largest absolute Gasteiger partial charge is 0.493 e. The lowest BCUT2D eigenvalue weighted by Crippen LogP contribution is -2.28. The molecule has 2 heterocycles. The average Bonchev–Trinajstić information content (AvgIpc) is 3.31. The van der Waals surface area contributed by atoms with Crippen LogP contribution in [0.3, 0.4) is 0 Å². The SMILES string of the molecule is COc1ccc(CC(=O)Nc2nc3n(n2)[C@@H](c2ccc(C)cc2)C[C@H](c2ccccc2)N3)cc1OC. The molecule has 1 aliphatic rings. The molecule has 0 saturated carbocycles. The molecule has 0 saturated heterocycles. The Morgan fingerprint density at radius 1 is 1.00 bits per heavy atom. The minimum Gasteiger partial charge on any atom is -0.493 e. The second-order valence-electron chi connectivity index (χ2n) is 8.89. The molecular formula is C28H29N5O3. The van der Waals surface area contributed by atoms with E-state index in [0.29, 0.717) is 17.4 Å². The normalized spacial score (nSPS) is 16.5. The number of amides is 1. The van der Waals surface area contributed by atoms with Gasteiger partial charge in [0.05, 0.1) is 32.7 Å². The molecule has 36 heavy (non-hydrogen) atoms. The Morgan fingerprint density at radius 2 is 1.75 bits per heavy atom. The molecule has 0 fully saturated rings. The summed E-state index contributed by atoms with van der Waals surface area (Å²) >= 11 is 0. The number of fused-ring (bicyclic) bond motifs is 1. The molecule has 0 aliphatic carbocycles. The van der Waals surface area contributed by atoms with E-state index in [1.807, 2.05) is 28.9 Å². The van der Waals surface area contributed by atoms with Gasteiger partial charge in [0, 0.05) is 0 Å². The zero-order valence-electron chi connectivity index (χ0n) is 20.6. The van der Waals surface area contributed by atoms with E-state index in [0.717, 1.165) is 17.5 Å². The van der Waals surface area contributed by atoms with Gasteiger partial charge in [-0.15, -0.1) is 5.10 Å². The molecule has 0 radical (unpaired) electrons. The third-order valence-corrected chi connectivity index (χ3v) is 6.42. The van der Waals surface area contributed by atoms with Crippen molar-refractivity contribution in [3.05, 3.63) is 95.1 Å². The number of hydrogen-bond acceptors (Lipinski definition) is 6. The van der Waals surface area contributed by atoms with Crippen molar-refractivity contribution >= 4 is 17.8 Å². The fourth-order valence-corrected chi connectivity index (χ4v) is 4.55. The highest BCUT2D eigenvalue weighted by Gasteiger charge is 2.31. The summed E-state index contributed by atoms with van der Waals surface area (Å²) in [5, 5.41) is 11.0. The van der Waals surface area contributed by atoms with E-state index in [2.05, 4.69) is 64.0 Å². The van der Waals surface area contributed by atoms with E-state index in [9.17, 15) is 4.79 Å². The van der Waals surface area contributed by atoms with Crippen LogP contribution in [0.2, 0.25) is 0 Å². The zero-order valence-corrected chi connectivity index (χ0v) is 20.6. The van der Waals surface area contributed by atoms with Crippen LogP contribution < -0.4 is 20.1 Å². The van der Waals surface area contributed by atoms with Gasteiger partial charge in [-0.05, 0) is 42.2 Å². The summed E-state index contributed by atoms with van der Waals surface area (Å²) < 4.78 is 12.5. The maximum Gasteiger partial charge on any atom is 0.250 e. The zero-order chi connectivity index (χ0) is 25.1. The summed E-state index contributed by atoms with van der Waals surface area (Å²) in [6, 6.07) is 24.3. The number of aromatic nitrogens is 3. The Morgan fingerprint density at radius 3 is 2.47 bits per heavy atom. The smallest absolute Gasteiger partial charge is 0.250 e. The van der Waals surface area contributed by atoms with Crippen molar-refractivity contribution in [2.75, 3.05) is 24.9 Å². The van der Waals surface area contributed by atoms with E-state index in [4.69, 9.17) is 9.47 Å². The van der Waals surface area contributed by atoms with Gasteiger partial charge in [-0.25, -0.2) is 4.68 Å². The highest BCUT2D eigenvalue weighted by molar-refractivity contribution is 5.90. The molecule has 0 spiro atoms. The third kappa shape index (κ3) is 4.88. The van der Waals surface area contributed by atoms with E-state index in [1.54, 1.807) is 26.4 Å². The topological polar surface area (TPSA) is 90.3 Å². The highest BCUT2D eigenvalue weighted by atomic mass is 16.5. The van der Waals surface area contributed by atoms with Crippen LogP contribution in [0.5, 0.6) is 11.5 Å². The Balaban J connectivity index is 1.39. The number of nitrogens with one attached hydrogen (secondary N) is 2. The molecule has 5 rings (SSSR count). The summed E-state index contributed by atoms with van der Waals surface area (Å²) in [5.74, 6) is 1.88. The van der Waals surface area contributed by atoms with Gasteiger partial charge in [0.15, 0.2) is 11.5 Å². The number of carbonyl (C=O) groups is 1. The quantitative estimate of drug-likeness (QED) is 0.387. The number of nitrogens with zero attached hydrogens (tertiary/aromatic N) is 3. The lowest BCUT2D eigenvalue weighted by Gasteiger charge is -2.31. The van der Waals surface area contributed by atoms with Gasteiger partial charge in [0.25, 0.3) is 5.95 Å². The number of anilines is 2. The van der Waals surface area contributed by atoms with Crippen molar-refractivity contribution < 1.29 is 14.3 Å². The Kier molecular flexibility index (Phi) is 6.58. The van der Waals surface area contributed by atoms with Gasteiger partial charge in [0.2, 0.25) is 11.9 Å². The molecule has 184 valence electrons. The van der Waals surface area contributed by atoms with Gasteiger partial charge in [0.1, 0.15) is 0 Å². The second-order valence-corrected chi connectivity index (χ2v) is 8.89. The van der Waals surface area contributed by atoms with E-state index >= 15 is 0 Å². The first-order valence-corrected chi connectivity index (χ1v) is 11.9. The van der Waals surface area contributed by atoms with Gasteiger partial charge in [-0.2, -0.15) is 4.98 Å². The number of hydrogen-bond donors (Lipinski definition) is 2. The van der Waals surface area contributed by atoms with E-state index in [1.165, 1.54) is 11.1 Å². The van der Waals surface area contributed by atoms with Crippen molar-refractivity contribution in [1.82, 2.24) is 14.8 Å². The van der Waals surface area contributed by atoms with Gasteiger partial charge in [-0.1, -0.05) is 66.2 Å². The van der Waals surface area contributed by atoms with Crippen molar-refractivity contribution in [1.29, 1.82) is 0 Å². The van der Waals surface area contributed by atoms with Crippen molar-refractivity contribution in [2.24, 2.45) is 0 Å². The first-order valence-electron chi connectivity index (χ1n) is 11.9. The summed E-state index contributed by atoms with van der Waals surface area (Å²) in [7, 11) is 3.15. The minimum atomic E-state index is -0.211. The van der Waals surface area contributed by atoms with Crippen LogP contribution in [-0.4, -0.2) is 34.9 Å². The maximum absolute atomic E-state index is 12.8. The Bertz CT molecular complexity index is 1350. The molecule has 2 N–H and O–H groups in total. The van der Waals surface area contributed by atoms with Gasteiger partial charge >= 0.3 is 0 Å². The van der Waals surface area contributed by atoms with Crippen molar-refractivity contribution in [2.45, 2.75) is 31.8 Å². The predicted molar refractivity (Wildman–Crippen MR) is 139 cm³/mol. The molecule has 8 nitrogen and oxygen atoms in total. The molecule has 3 aromatic carbocycles. The maximum atomic E-state index is 12.8. The molecule has 0 unspecified atom stereocenters. The number of methoxy groups -OCH3 is 2. The summed E-state index contributed by atoms with van der Waals surface area (Å²) in [4.78, 5) is 17.5. The summed E-state index contributed by atoms with van der Waals surface area (Å²) in [6.45, 7) is 2.08. The first kappa shape index (κ1) is 23.4. The lowest BCUT2D eigenvalue weighted by atomic mass is 9.93. The minimum absolute atomic E-state index is 0.0175. The lowest BCUT2D eigenvalue weighted by molar-refractivity contribution is -0.115. The first-order chi connectivity index (χ1) is 17.5. The van der Waals surface area contributed by atoms with Crippen LogP contribution in [0.4, 0.5) is 11.9 Å². The summed E-state index contributed by atoms with van der Waals surface area (Å²) in [5.41, 5.74) is 4.34. The fraction of sp³-hybridized carbons (Fsp3) is 0.250. The Hall–Kier alpha value is -4.33. The Labute approximate surface area is 210 Å². The number of carbonyl (C=O) groups excluding carboxylic acids is 1. The molecule has 1 aromatic heterocycles. The van der Waals surface area contributed by atoms with Crippen LogP contribution in [-0.2, 0) is 11.2 Å². The average molecular weight is 484 g/mol. The van der Waals surface area contributed by atoms with Crippen LogP contribution in [0, 0.1) is 6.92 Å². The van der Waals surface area contributed by atoms with Crippen molar-refractivity contribution in [3.63, 3.8) is 0 Å². The molecule has 4 aromatic rings. The second kappa shape index (κ2) is 10.1. The summed E-state index contributed by atoms with van der Waals surface area (Å²) in [6.07, 6.45) is 0.966. The molecule has 2 atom stereocenters. The standard InChI is InChI=1S/C28H29N5O3/c1-18-9-12-21(13-10-18)23-17-22(20-7-5-4-6-8-20)29-28-31-27(32-33(23)28)30-26(34)16-19-11-14-24(35-2)25(15-19)36-3/h4-15,22-23H,16-17H2,1-3H3,(H2,29,30,31,32,34)/t22-,23-/m1/s1. The molecule has 0 bridgehead atoms. The van der Waals surface area contributed by atoms with Crippen LogP contribution >= 0.6 is 0 Å². The van der Waals surface area contributed by atoms with Crippen LogP contribution in [0.25, 0.3) is 0 Å². The third-order valence-electron chi connectivity index (χ3n) is 6.42. The number of rotatable bonds is 7. The molecule has 1 aliphatic heterocycles. The van der Waals surface area contributed by atoms with Crippen molar-refractivity contribution in [3.8, 4) is 11.5 Å². The number of aryl methyl sites for hydroxylation is 1. The molecular weight excluding hydrogens is 454 g/mol. The van der Waals surface area contributed by atoms with Crippen LogP contribution in [0.15, 0.2) is 72.8 Å². The van der Waals surface area contributed by atoms with E-state index in [-0.39, 0.29) is 30.4 Å². The van der Waals surface area contributed by atoms with Gasteiger partial charge < -0.3 is 14.8 Å². The van der Waals surface area contributed by atoms with Crippen LogP contribution in [0.1, 0.15) is 40.8 Å². The van der Waals surface area contributed by atoms with Gasteiger partial charge in [-0.3, -0.25) is 10.1 Å². The predicted octanol–water partition coefficient (Wildman–Crippen LogP) is 4.93. The highest BCUT2D eigenvalue weighted by Crippen LogP contribution is 2.38. The molecule has 8 heteroatoms.